The zero-order valence-corrected chi connectivity index (χ0v) is 17.2. The number of hydrogen-bond donors (Lipinski definition) is 0. The fourth-order valence-electron chi connectivity index (χ4n) is 3.90. The van der Waals surface area contributed by atoms with Crippen LogP contribution in [0.15, 0.2) is 48.5 Å². The summed E-state index contributed by atoms with van der Waals surface area (Å²) in [5.41, 5.74) is 0.301. The lowest BCUT2D eigenvalue weighted by Gasteiger charge is -2.27. The third-order valence-electron chi connectivity index (χ3n) is 5.37. The number of para-hydroxylation sites is 1. The van der Waals surface area contributed by atoms with Crippen molar-refractivity contribution in [1.82, 2.24) is 9.80 Å². The molecule has 2 aliphatic heterocycles. The van der Waals surface area contributed by atoms with Crippen molar-refractivity contribution in [1.29, 1.82) is 0 Å². The Bertz CT molecular complexity index is 1080. The molecule has 4 rings (SSSR count). The van der Waals surface area contributed by atoms with E-state index in [2.05, 4.69) is 0 Å². The molecule has 1 saturated heterocycles. The molecular weight excluding hydrogens is 413 g/mol. The highest BCUT2D eigenvalue weighted by Gasteiger charge is 2.66. The fourth-order valence-corrected chi connectivity index (χ4v) is 4.21. The van der Waals surface area contributed by atoms with Gasteiger partial charge in [0.25, 0.3) is 11.8 Å². The van der Waals surface area contributed by atoms with Crippen LogP contribution < -0.4 is 4.90 Å². The topological polar surface area (TPSA) is 60.9 Å². The number of carbonyl (C=O) groups is 3. The number of anilines is 1. The van der Waals surface area contributed by atoms with Crippen LogP contribution in [0.3, 0.4) is 0 Å². The lowest BCUT2D eigenvalue weighted by Crippen LogP contribution is -2.52. The molecule has 0 radical (unpaired) electrons. The van der Waals surface area contributed by atoms with E-state index in [4.69, 9.17) is 23.2 Å². The van der Waals surface area contributed by atoms with Crippen LogP contribution in [-0.2, 0) is 15.1 Å². The summed E-state index contributed by atoms with van der Waals surface area (Å²) in [5.74, 6) is -0.985. The predicted octanol–water partition coefficient (Wildman–Crippen LogP) is 3.77. The number of halogens is 2. The number of imide groups is 1. The summed E-state index contributed by atoms with van der Waals surface area (Å²) in [7, 11) is 2.87. The summed E-state index contributed by atoms with van der Waals surface area (Å²) >= 11 is 12.0. The second-order valence-corrected chi connectivity index (χ2v) is 7.74. The van der Waals surface area contributed by atoms with Crippen molar-refractivity contribution in [3.05, 3.63) is 69.7 Å². The number of likely N-dealkylation sites (N-methyl/N-ethyl adjacent to an activating group) is 2. The molecule has 0 aliphatic carbocycles. The lowest BCUT2D eigenvalue weighted by molar-refractivity contribution is -0.140. The predicted molar refractivity (Wildman–Crippen MR) is 112 cm³/mol. The van der Waals surface area contributed by atoms with Crippen LogP contribution in [0.4, 0.5) is 10.5 Å². The molecule has 4 amide bonds. The van der Waals surface area contributed by atoms with E-state index in [0.29, 0.717) is 21.3 Å². The summed E-state index contributed by atoms with van der Waals surface area (Å²) in [5, 5.41) is 0.904. The molecule has 1 unspecified atom stereocenters. The molecule has 2 heterocycles. The Hall–Kier alpha value is -2.83. The van der Waals surface area contributed by atoms with Gasteiger partial charge < -0.3 is 9.80 Å². The SMILES string of the molecule is CN1C(=O)N(C)C2(C1=O)C(=O)N(C/C=C/c1ccc(Cl)c(Cl)c1)c1ccccc12. The van der Waals surface area contributed by atoms with Gasteiger partial charge in [-0.3, -0.25) is 14.5 Å². The molecule has 0 N–H and O–H groups in total. The Morgan fingerprint density at radius 3 is 2.34 bits per heavy atom. The minimum atomic E-state index is -1.65. The summed E-state index contributed by atoms with van der Waals surface area (Å²) in [6.07, 6.45) is 3.62. The van der Waals surface area contributed by atoms with Crippen molar-refractivity contribution < 1.29 is 14.4 Å². The number of amides is 4. The highest BCUT2D eigenvalue weighted by Crippen LogP contribution is 2.47. The molecule has 148 valence electrons. The van der Waals surface area contributed by atoms with Crippen LogP contribution in [0.5, 0.6) is 0 Å². The smallest absolute Gasteiger partial charge is 0.305 e. The van der Waals surface area contributed by atoms with E-state index in [9.17, 15) is 14.4 Å². The molecule has 0 aromatic heterocycles. The van der Waals surface area contributed by atoms with Crippen LogP contribution >= 0.6 is 23.2 Å². The van der Waals surface area contributed by atoms with E-state index in [1.54, 1.807) is 42.5 Å². The molecule has 2 aromatic carbocycles. The van der Waals surface area contributed by atoms with Gasteiger partial charge in [0.05, 0.1) is 15.7 Å². The van der Waals surface area contributed by atoms with E-state index >= 15 is 0 Å². The molecule has 8 heteroatoms. The van der Waals surface area contributed by atoms with Gasteiger partial charge in [0.15, 0.2) is 0 Å². The second-order valence-electron chi connectivity index (χ2n) is 6.92. The minimum absolute atomic E-state index is 0.233. The van der Waals surface area contributed by atoms with Crippen LogP contribution in [0.2, 0.25) is 10.0 Å². The molecule has 1 atom stereocenters. The van der Waals surface area contributed by atoms with Gasteiger partial charge in [-0.1, -0.05) is 59.6 Å². The maximum atomic E-state index is 13.5. The van der Waals surface area contributed by atoms with Gasteiger partial charge >= 0.3 is 6.03 Å². The standard InChI is InChI=1S/C21H17Cl2N3O3/c1-24-18(27)21(25(2)20(24)29)14-7-3-4-8-17(14)26(19(21)28)11-5-6-13-9-10-15(22)16(23)12-13/h3-10,12H,11H2,1-2H3/b6-5+. The van der Waals surface area contributed by atoms with Crippen molar-refractivity contribution in [2.24, 2.45) is 0 Å². The number of urea groups is 1. The Morgan fingerprint density at radius 1 is 0.966 bits per heavy atom. The lowest BCUT2D eigenvalue weighted by atomic mass is 9.90. The molecular formula is C21H17Cl2N3O3. The van der Waals surface area contributed by atoms with Gasteiger partial charge in [-0.25, -0.2) is 4.79 Å². The summed E-state index contributed by atoms with van der Waals surface area (Å²) in [4.78, 5) is 42.6. The summed E-state index contributed by atoms with van der Waals surface area (Å²) < 4.78 is 0. The second kappa shape index (κ2) is 6.90. The van der Waals surface area contributed by atoms with Crippen molar-refractivity contribution in [2.45, 2.75) is 5.54 Å². The average Bonchev–Trinajstić information content (AvgIpc) is 3.06. The van der Waals surface area contributed by atoms with Crippen LogP contribution in [-0.4, -0.2) is 48.3 Å². The first-order valence-corrected chi connectivity index (χ1v) is 9.64. The molecule has 0 bridgehead atoms. The van der Waals surface area contributed by atoms with Crippen molar-refractivity contribution >= 4 is 52.8 Å². The Balaban J connectivity index is 1.70. The molecule has 1 spiro atoms. The Morgan fingerprint density at radius 2 is 1.69 bits per heavy atom. The molecule has 2 aliphatic rings. The van der Waals surface area contributed by atoms with Crippen molar-refractivity contribution in [3.8, 4) is 0 Å². The quantitative estimate of drug-likeness (QED) is 0.550. The normalized spacial score (nSPS) is 21.2. The Labute approximate surface area is 177 Å². The summed E-state index contributed by atoms with van der Waals surface area (Å²) in [6.45, 7) is 0.233. The highest BCUT2D eigenvalue weighted by molar-refractivity contribution is 6.42. The molecule has 6 nitrogen and oxygen atoms in total. The Kier molecular flexibility index (Phi) is 4.63. The number of hydrogen-bond acceptors (Lipinski definition) is 3. The van der Waals surface area contributed by atoms with Gasteiger partial charge in [0.1, 0.15) is 0 Å². The first-order chi connectivity index (χ1) is 13.8. The number of rotatable bonds is 3. The average molecular weight is 430 g/mol. The zero-order valence-electron chi connectivity index (χ0n) is 15.7. The first kappa shape index (κ1) is 19.5. The van der Waals surface area contributed by atoms with Crippen LogP contribution in [0, 0.1) is 0 Å². The molecule has 29 heavy (non-hydrogen) atoms. The van der Waals surface area contributed by atoms with Crippen molar-refractivity contribution in [2.75, 3.05) is 25.5 Å². The third-order valence-corrected chi connectivity index (χ3v) is 6.11. The van der Waals surface area contributed by atoms with Crippen LogP contribution in [0.25, 0.3) is 6.08 Å². The van der Waals surface area contributed by atoms with Crippen LogP contribution in [0.1, 0.15) is 11.1 Å². The van der Waals surface area contributed by atoms with Gasteiger partial charge in [-0.15, -0.1) is 0 Å². The number of fused-ring (bicyclic) bond motifs is 2. The number of benzene rings is 2. The maximum absolute atomic E-state index is 13.5. The van der Waals surface area contributed by atoms with Gasteiger partial charge in [-0.05, 0) is 23.8 Å². The molecule has 1 fully saturated rings. The molecule has 0 saturated carbocycles. The zero-order chi connectivity index (χ0) is 20.9. The maximum Gasteiger partial charge on any atom is 0.327 e. The van der Waals surface area contributed by atoms with E-state index in [1.807, 2.05) is 12.1 Å². The van der Waals surface area contributed by atoms with E-state index in [1.165, 1.54) is 23.9 Å². The van der Waals surface area contributed by atoms with Crippen molar-refractivity contribution in [3.63, 3.8) is 0 Å². The number of nitrogens with zero attached hydrogens (tertiary/aromatic N) is 3. The minimum Gasteiger partial charge on any atom is -0.305 e. The van der Waals surface area contributed by atoms with E-state index in [-0.39, 0.29) is 6.54 Å². The molecule has 2 aromatic rings. The van der Waals surface area contributed by atoms with Gasteiger partial charge in [0.2, 0.25) is 5.54 Å². The van der Waals surface area contributed by atoms with E-state index < -0.39 is 23.4 Å². The highest BCUT2D eigenvalue weighted by atomic mass is 35.5. The number of carbonyl (C=O) groups excluding carboxylic acids is 3. The third kappa shape index (κ3) is 2.67. The fraction of sp³-hybridized carbons (Fsp3) is 0.190. The monoisotopic (exact) mass is 429 g/mol. The summed E-state index contributed by atoms with van der Waals surface area (Å²) in [6, 6.07) is 11.8. The van der Waals surface area contributed by atoms with Gasteiger partial charge in [-0.2, -0.15) is 0 Å². The van der Waals surface area contributed by atoms with E-state index in [0.717, 1.165) is 10.5 Å². The first-order valence-electron chi connectivity index (χ1n) is 8.89. The largest absolute Gasteiger partial charge is 0.327 e. The van der Waals surface area contributed by atoms with Gasteiger partial charge in [0, 0.05) is 26.2 Å².